The minimum absolute atomic E-state index is 0.208. The van der Waals surface area contributed by atoms with Gasteiger partial charge >= 0.3 is 6.18 Å². The SMILES string of the molecule is CCCCCCCCC(c1ccccc1)C(F)(F)F. The van der Waals surface area contributed by atoms with Gasteiger partial charge in [0.15, 0.2) is 0 Å². The molecule has 0 N–H and O–H groups in total. The molecule has 1 unspecified atom stereocenters. The van der Waals surface area contributed by atoms with Crippen LogP contribution < -0.4 is 0 Å². The highest BCUT2D eigenvalue weighted by Gasteiger charge is 2.39. The van der Waals surface area contributed by atoms with Crippen LogP contribution in [-0.2, 0) is 0 Å². The molecule has 0 nitrogen and oxygen atoms in total. The lowest BCUT2D eigenvalue weighted by atomic mass is 9.92. The molecule has 1 aromatic rings. The van der Waals surface area contributed by atoms with E-state index >= 15 is 0 Å². The van der Waals surface area contributed by atoms with Crippen molar-refractivity contribution in [3.8, 4) is 0 Å². The van der Waals surface area contributed by atoms with E-state index in [1.54, 1.807) is 30.3 Å². The molecule has 0 amide bonds. The third-order valence-electron chi connectivity index (χ3n) is 3.44. The topological polar surface area (TPSA) is 0 Å². The van der Waals surface area contributed by atoms with E-state index < -0.39 is 12.1 Å². The zero-order valence-corrected chi connectivity index (χ0v) is 11.5. The summed E-state index contributed by atoms with van der Waals surface area (Å²) in [5.41, 5.74) is 0.392. The molecule has 0 aromatic heterocycles. The highest BCUT2D eigenvalue weighted by atomic mass is 19.4. The zero-order valence-electron chi connectivity index (χ0n) is 11.5. The van der Waals surface area contributed by atoms with Crippen LogP contribution in [-0.4, -0.2) is 6.18 Å². The quantitative estimate of drug-likeness (QED) is 0.503. The zero-order chi connectivity index (χ0) is 14.1. The number of halogens is 3. The Bertz CT molecular complexity index is 330. The maximum Gasteiger partial charge on any atom is 0.395 e. The molecule has 108 valence electrons. The van der Waals surface area contributed by atoms with Crippen LogP contribution in [0.15, 0.2) is 30.3 Å². The fourth-order valence-electron chi connectivity index (χ4n) is 2.33. The number of hydrogen-bond acceptors (Lipinski definition) is 0. The van der Waals surface area contributed by atoms with Crippen LogP contribution in [0.5, 0.6) is 0 Å². The molecule has 1 atom stereocenters. The Morgan fingerprint density at radius 2 is 1.47 bits per heavy atom. The van der Waals surface area contributed by atoms with Gasteiger partial charge in [-0.15, -0.1) is 0 Å². The summed E-state index contributed by atoms with van der Waals surface area (Å²) in [5.74, 6) is -1.31. The molecule has 19 heavy (non-hydrogen) atoms. The second-order valence-electron chi connectivity index (χ2n) is 5.06. The van der Waals surface area contributed by atoms with Gasteiger partial charge in [0.25, 0.3) is 0 Å². The van der Waals surface area contributed by atoms with Crippen molar-refractivity contribution in [3.05, 3.63) is 35.9 Å². The molecule has 0 saturated heterocycles. The van der Waals surface area contributed by atoms with E-state index in [2.05, 4.69) is 6.92 Å². The molecular weight excluding hydrogens is 249 g/mol. The Hall–Kier alpha value is -0.990. The predicted octanol–water partition coefficient (Wildman–Crippen LogP) is 6.08. The molecule has 1 rings (SSSR count). The minimum Gasteiger partial charge on any atom is -0.170 e. The molecule has 0 heterocycles. The van der Waals surface area contributed by atoms with Gasteiger partial charge in [0, 0.05) is 0 Å². The molecule has 0 aliphatic heterocycles. The summed E-state index contributed by atoms with van der Waals surface area (Å²) in [4.78, 5) is 0. The average Bonchev–Trinajstić information content (AvgIpc) is 2.37. The van der Waals surface area contributed by atoms with Crippen molar-refractivity contribution in [3.63, 3.8) is 0 Å². The average molecular weight is 272 g/mol. The highest BCUT2D eigenvalue weighted by Crippen LogP contribution is 2.38. The van der Waals surface area contributed by atoms with Gasteiger partial charge < -0.3 is 0 Å². The lowest BCUT2D eigenvalue weighted by molar-refractivity contribution is -0.152. The van der Waals surface area contributed by atoms with E-state index in [0.29, 0.717) is 12.0 Å². The van der Waals surface area contributed by atoms with Crippen LogP contribution in [0.25, 0.3) is 0 Å². The van der Waals surface area contributed by atoms with Gasteiger partial charge in [-0.05, 0) is 12.0 Å². The second-order valence-corrected chi connectivity index (χ2v) is 5.06. The molecule has 0 aliphatic carbocycles. The lowest BCUT2D eigenvalue weighted by Gasteiger charge is -2.20. The van der Waals surface area contributed by atoms with Gasteiger partial charge in [-0.3, -0.25) is 0 Å². The molecule has 0 radical (unpaired) electrons. The van der Waals surface area contributed by atoms with Crippen LogP contribution in [0.2, 0.25) is 0 Å². The summed E-state index contributed by atoms with van der Waals surface area (Å²) in [7, 11) is 0. The first kappa shape index (κ1) is 16.1. The van der Waals surface area contributed by atoms with Crippen molar-refractivity contribution in [1.82, 2.24) is 0 Å². The molecule has 0 fully saturated rings. The van der Waals surface area contributed by atoms with E-state index in [1.807, 2.05) is 0 Å². The smallest absolute Gasteiger partial charge is 0.170 e. The van der Waals surface area contributed by atoms with Crippen molar-refractivity contribution >= 4 is 0 Å². The molecule has 1 aromatic carbocycles. The Kier molecular flexibility index (Phi) is 6.96. The Morgan fingerprint density at radius 1 is 0.895 bits per heavy atom. The van der Waals surface area contributed by atoms with Crippen LogP contribution in [0.4, 0.5) is 13.2 Å². The first-order chi connectivity index (χ1) is 9.05. The maximum absolute atomic E-state index is 13.0. The number of alkyl halides is 3. The highest BCUT2D eigenvalue weighted by molar-refractivity contribution is 5.20. The van der Waals surface area contributed by atoms with Gasteiger partial charge in [-0.25, -0.2) is 0 Å². The normalized spacial score (nSPS) is 13.5. The minimum atomic E-state index is -4.13. The van der Waals surface area contributed by atoms with Gasteiger partial charge in [-0.1, -0.05) is 75.8 Å². The Balaban J connectivity index is 2.44. The van der Waals surface area contributed by atoms with Crippen LogP contribution in [0, 0.1) is 0 Å². The van der Waals surface area contributed by atoms with E-state index in [1.165, 1.54) is 6.42 Å². The fourth-order valence-corrected chi connectivity index (χ4v) is 2.33. The molecule has 3 heteroatoms. The molecule has 0 aliphatic rings. The summed E-state index contributed by atoms with van der Waals surface area (Å²) in [6.45, 7) is 2.13. The monoisotopic (exact) mass is 272 g/mol. The van der Waals surface area contributed by atoms with Crippen molar-refractivity contribution in [2.75, 3.05) is 0 Å². The standard InChI is InChI=1S/C16H23F3/c1-2-3-4-5-6-10-13-15(16(17,18)19)14-11-8-7-9-12-14/h7-9,11-12,15H,2-6,10,13H2,1H3. The van der Waals surface area contributed by atoms with E-state index in [4.69, 9.17) is 0 Å². The number of rotatable bonds is 8. The van der Waals surface area contributed by atoms with Gasteiger partial charge in [0.2, 0.25) is 0 Å². The van der Waals surface area contributed by atoms with E-state index in [9.17, 15) is 13.2 Å². The second kappa shape index (κ2) is 8.23. The third kappa shape index (κ3) is 6.13. The largest absolute Gasteiger partial charge is 0.395 e. The molecule has 0 saturated carbocycles. The van der Waals surface area contributed by atoms with Gasteiger partial charge in [0.1, 0.15) is 0 Å². The summed E-state index contributed by atoms with van der Waals surface area (Å²) in [6.07, 6.45) is 2.16. The lowest BCUT2D eigenvalue weighted by Crippen LogP contribution is -2.20. The number of benzene rings is 1. The van der Waals surface area contributed by atoms with Crippen molar-refractivity contribution in [2.45, 2.75) is 64.0 Å². The summed E-state index contributed by atoms with van der Waals surface area (Å²) in [5, 5.41) is 0. The van der Waals surface area contributed by atoms with Crippen LogP contribution in [0.1, 0.15) is 63.4 Å². The van der Waals surface area contributed by atoms with Gasteiger partial charge in [-0.2, -0.15) is 13.2 Å². The van der Waals surface area contributed by atoms with Crippen LogP contribution in [0.3, 0.4) is 0 Å². The third-order valence-corrected chi connectivity index (χ3v) is 3.44. The summed E-state index contributed by atoms with van der Waals surface area (Å²) >= 11 is 0. The summed E-state index contributed by atoms with van der Waals surface area (Å²) in [6, 6.07) is 8.26. The molecular formula is C16H23F3. The van der Waals surface area contributed by atoms with E-state index in [-0.39, 0.29) is 6.42 Å². The Morgan fingerprint density at radius 3 is 2.05 bits per heavy atom. The maximum atomic E-state index is 13.0. The van der Waals surface area contributed by atoms with Crippen molar-refractivity contribution in [2.24, 2.45) is 0 Å². The Labute approximate surface area is 114 Å². The summed E-state index contributed by atoms with van der Waals surface area (Å²) < 4.78 is 39.1. The van der Waals surface area contributed by atoms with E-state index in [0.717, 1.165) is 25.7 Å². The predicted molar refractivity (Wildman–Crippen MR) is 73.2 cm³/mol. The van der Waals surface area contributed by atoms with Crippen LogP contribution >= 0.6 is 0 Å². The number of unbranched alkanes of at least 4 members (excludes halogenated alkanes) is 5. The number of hydrogen-bond donors (Lipinski definition) is 0. The molecule has 0 spiro atoms. The first-order valence-corrected chi connectivity index (χ1v) is 7.17. The fraction of sp³-hybridized carbons (Fsp3) is 0.625. The van der Waals surface area contributed by atoms with Crippen molar-refractivity contribution in [1.29, 1.82) is 0 Å². The molecule has 0 bridgehead atoms. The van der Waals surface area contributed by atoms with Gasteiger partial charge in [0.05, 0.1) is 5.92 Å². The first-order valence-electron chi connectivity index (χ1n) is 7.17. The van der Waals surface area contributed by atoms with Crippen molar-refractivity contribution < 1.29 is 13.2 Å².